The molecule has 3 aromatic rings. The highest BCUT2D eigenvalue weighted by Gasteiger charge is 2.19. The van der Waals surface area contributed by atoms with Crippen molar-refractivity contribution in [3.05, 3.63) is 82.7 Å². The number of hydrogen-bond acceptors (Lipinski definition) is 5. The van der Waals surface area contributed by atoms with E-state index in [-0.39, 0.29) is 23.8 Å². The van der Waals surface area contributed by atoms with Crippen LogP contribution in [0.2, 0.25) is 0 Å². The van der Waals surface area contributed by atoms with Crippen LogP contribution in [0.5, 0.6) is 0 Å². The van der Waals surface area contributed by atoms with E-state index in [1.165, 1.54) is 0 Å². The predicted molar refractivity (Wildman–Crippen MR) is 145 cm³/mol. The van der Waals surface area contributed by atoms with Crippen LogP contribution in [0, 0.1) is 23.7 Å². The first-order chi connectivity index (χ1) is 17.3. The number of nitriles is 1. The number of rotatable bonds is 7. The number of aromatic nitrogens is 1. The number of amides is 2. The van der Waals surface area contributed by atoms with Crippen LogP contribution < -0.4 is 10.6 Å². The van der Waals surface area contributed by atoms with Crippen molar-refractivity contribution in [1.82, 2.24) is 10.3 Å². The molecule has 0 fully saturated rings. The van der Waals surface area contributed by atoms with Gasteiger partial charge in [-0.3, -0.25) is 14.6 Å². The summed E-state index contributed by atoms with van der Waals surface area (Å²) in [6, 6.07) is 16.3. The lowest BCUT2D eigenvalue weighted by atomic mass is 9.85. The summed E-state index contributed by atoms with van der Waals surface area (Å²) in [5.41, 5.74) is 4.65. The standard InChI is InChI=1S/C30H34N4O3/c1-19-26(21-7-9-22(10-8-21)27(36)33-17-30(5,6)18-35)14-25(16-32-19)34-28(37)23-11-20(15-31)12-24(13-23)29(2,3)4/h7-14,16,35H,17-18H2,1-6H3,(H,33,36)(H,34,37). The van der Waals surface area contributed by atoms with E-state index in [0.29, 0.717) is 28.9 Å². The van der Waals surface area contributed by atoms with Gasteiger partial charge in [0.25, 0.3) is 11.8 Å². The SMILES string of the molecule is Cc1ncc(NC(=O)c2cc(C#N)cc(C(C)(C)C)c2)cc1-c1ccc(C(=O)NCC(C)(C)CO)cc1. The molecule has 37 heavy (non-hydrogen) atoms. The molecule has 0 atom stereocenters. The second-order valence-corrected chi connectivity index (χ2v) is 11.1. The minimum atomic E-state index is -0.395. The van der Waals surface area contributed by atoms with E-state index in [1.807, 2.05) is 65.8 Å². The summed E-state index contributed by atoms with van der Waals surface area (Å²) in [6.45, 7) is 12.1. The number of benzene rings is 2. The van der Waals surface area contributed by atoms with Crippen molar-refractivity contribution in [3.8, 4) is 17.2 Å². The third-order valence-electron chi connectivity index (χ3n) is 6.15. The van der Waals surface area contributed by atoms with Crippen LogP contribution in [-0.4, -0.2) is 35.1 Å². The number of carbonyl (C=O) groups is 2. The highest BCUT2D eigenvalue weighted by atomic mass is 16.3. The van der Waals surface area contributed by atoms with E-state index >= 15 is 0 Å². The van der Waals surface area contributed by atoms with E-state index < -0.39 is 5.41 Å². The van der Waals surface area contributed by atoms with E-state index in [2.05, 4.69) is 21.7 Å². The molecule has 0 unspecified atom stereocenters. The van der Waals surface area contributed by atoms with Crippen LogP contribution in [0.3, 0.4) is 0 Å². The number of aliphatic hydroxyl groups excluding tert-OH is 1. The van der Waals surface area contributed by atoms with Crippen molar-refractivity contribution in [2.45, 2.75) is 47.0 Å². The molecule has 192 valence electrons. The Hall–Kier alpha value is -4.02. The van der Waals surface area contributed by atoms with Crippen LogP contribution in [0.15, 0.2) is 54.7 Å². The molecule has 3 N–H and O–H groups in total. The second kappa shape index (κ2) is 10.9. The molecule has 0 spiro atoms. The molecule has 3 rings (SSSR count). The van der Waals surface area contributed by atoms with Gasteiger partial charge in [-0.1, -0.05) is 46.8 Å². The zero-order valence-corrected chi connectivity index (χ0v) is 22.3. The third-order valence-corrected chi connectivity index (χ3v) is 6.15. The van der Waals surface area contributed by atoms with Crippen LogP contribution >= 0.6 is 0 Å². The molecular weight excluding hydrogens is 464 g/mol. The summed E-state index contributed by atoms with van der Waals surface area (Å²) < 4.78 is 0. The molecule has 1 aromatic heterocycles. The fraction of sp³-hybridized carbons (Fsp3) is 0.333. The highest BCUT2D eigenvalue weighted by molar-refractivity contribution is 6.05. The smallest absolute Gasteiger partial charge is 0.255 e. The lowest BCUT2D eigenvalue weighted by Crippen LogP contribution is -2.36. The number of aryl methyl sites for hydroxylation is 1. The molecule has 0 saturated carbocycles. The summed E-state index contributed by atoms with van der Waals surface area (Å²) in [6.07, 6.45) is 1.60. The van der Waals surface area contributed by atoms with Crippen LogP contribution in [-0.2, 0) is 5.41 Å². The quantitative estimate of drug-likeness (QED) is 0.413. The summed E-state index contributed by atoms with van der Waals surface area (Å²) in [5.74, 6) is -0.532. The molecule has 0 saturated heterocycles. The van der Waals surface area contributed by atoms with Gasteiger partial charge in [-0.25, -0.2) is 0 Å². The molecule has 7 nitrogen and oxygen atoms in total. The minimum absolute atomic E-state index is 0.0209. The van der Waals surface area contributed by atoms with E-state index in [9.17, 15) is 20.0 Å². The van der Waals surface area contributed by atoms with Crippen LogP contribution in [0.25, 0.3) is 11.1 Å². The van der Waals surface area contributed by atoms with Crippen molar-refractivity contribution in [2.24, 2.45) is 5.41 Å². The summed E-state index contributed by atoms with van der Waals surface area (Å²) in [4.78, 5) is 30.0. The molecule has 2 aromatic carbocycles. The van der Waals surface area contributed by atoms with Gasteiger partial charge >= 0.3 is 0 Å². The van der Waals surface area contributed by atoms with Crippen molar-refractivity contribution in [2.75, 3.05) is 18.5 Å². The van der Waals surface area contributed by atoms with Gasteiger partial charge in [0.1, 0.15) is 0 Å². The Balaban J connectivity index is 1.81. The Morgan fingerprint density at radius 1 is 0.973 bits per heavy atom. The van der Waals surface area contributed by atoms with Crippen molar-refractivity contribution in [1.29, 1.82) is 5.26 Å². The van der Waals surface area contributed by atoms with Crippen molar-refractivity contribution >= 4 is 17.5 Å². The van der Waals surface area contributed by atoms with Gasteiger partial charge in [-0.2, -0.15) is 5.26 Å². The molecule has 0 radical (unpaired) electrons. The second-order valence-electron chi connectivity index (χ2n) is 11.1. The number of nitrogens with zero attached hydrogens (tertiary/aromatic N) is 2. The van der Waals surface area contributed by atoms with Gasteiger partial charge in [0.05, 0.1) is 23.5 Å². The van der Waals surface area contributed by atoms with Crippen molar-refractivity contribution in [3.63, 3.8) is 0 Å². The Labute approximate surface area is 218 Å². The van der Waals surface area contributed by atoms with Gasteiger partial charge in [-0.15, -0.1) is 0 Å². The summed E-state index contributed by atoms with van der Waals surface area (Å²) >= 11 is 0. The molecule has 0 aliphatic heterocycles. The minimum Gasteiger partial charge on any atom is -0.396 e. The van der Waals surface area contributed by atoms with Gasteiger partial charge < -0.3 is 15.7 Å². The zero-order chi connectivity index (χ0) is 27.4. The Bertz CT molecular complexity index is 1350. The first kappa shape index (κ1) is 27.6. The number of anilines is 1. The first-order valence-electron chi connectivity index (χ1n) is 12.2. The van der Waals surface area contributed by atoms with E-state index in [4.69, 9.17) is 0 Å². The predicted octanol–water partition coefficient (Wildman–Crippen LogP) is 5.23. The Morgan fingerprint density at radius 3 is 2.24 bits per heavy atom. The lowest BCUT2D eigenvalue weighted by molar-refractivity contribution is 0.0910. The topological polar surface area (TPSA) is 115 Å². The van der Waals surface area contributed by atoms with Gasteiger partial charge in [0, 0.05) is 41.0 Å². The van der Waals surface area contributed by atoms with Gasteiger partial charge in [0.15, 0.2) is 0 Å². The maximum absolute atomic E-state index is 13.1. The molecular formula is C30H34N4O3. The fourth-order valence-electron chi connectivity index (χ4n) is 3.63. The van der Waals surface area contributed by atoms with Crippen LogP contribution in [0.1, 0.15) is 72.2 Å². The summed E-state index contributed by atoms with van der Waals surface area (Å²) in [7, 11) is 0. The fourth-order valence-corrected chi connectivity index (χ4v) is 3.63. The zero-order valence-electron chi connectivity index (χ0n) is 22.3. The molecule has 0 bridgehead atoms. The molecule has 1 heterocycles. The average Bonchev–Trinajstić information content (AvgIpc) is 2.87. The molecule has 0 aliphatic carbocycles. The largest absolute Gasteiger partial charge is 0.396 e. The van der Waals surface area contributed by atoms with Gasteiger partial charge in [-0.05, 0) is 59.9 Å². The maximum Gasteiger partial charge on any atom is 0.255 e. The molecule has 2 amide bonds. The molecule has 0 aliphatic rings. The highest BCUT2D eigenvalue weighted by Crippen LogP contribution is 2.27. The number of hydrogen-bond donors (Lipinski definition) is 3. The number of carbonyl (C=O) groups excluding carboxylic acids is 2. The average molecular weight is 499 g/mol. The van der Waals surface area contributed by atoms with Crippen LogP contribution in [0.4, 0.5) is 5.69 Å². The summed E-state index contributed by atoms with van der Waals surface area (Å²) in [5, 5.41) is 24.5. The Morgan fingerprint density at radius 2 is 1.65 bits per heavy atom. The normalized spacial score (nSPS) is 11.5. The van der Waals surface area contributed by atoms with E-state index in [1.54, 1.807) is 30.5 Å². The van der Waals surface area contributed by atoms with Gasteiger partial charge in [0.2, 0.25) is 0 Å². The maximum atomic E-state index is 13.1. The van der Waals surface area contributed by atoms with Crippen molar-refractivity contribution < 1.29 is 14.7 Å². The third kappa shape index (κ3) is 7.02. The monoisotopic (exact) mass is 498 g/mol. The Kier molecular flexibility index (Phi) is 8.15. The first-order valence-corrected chi connectivity index (χ1v) is 12.2. The number of pyridine rings is 1. The number of aliphatic hydroxyl groups is 1. The lowest BCUT2D eigenvalue weighted by Gasteiger charge is -2.21. The molecule has 7 heteroatoms. The van der Waals surface area contributed by atoms with E-state index in [0.717, 1.165) is 22.4 Å². The number of nitrogens with one attached hydrogen (secondary N) is 2.